The molecule has 1 N–H and O–H groups in total. The number of methoxy groups -OCH3 is 1. The molecule has 0 aromatic heterocycles. The number of rotatable bonds is 5. The second-order valence-corrected chi connectivity index (χ2v) is 6.82. The average molecular weight is 382 g/mol. The summed E-state index contributed by atoms with van der Waals surface area (Å²) in [5, 5.41) is 2.89. The standard InChI is InChI=1S/C21H22N2O5/c1-26-17-7-3-2-6-16(17)23-12-14(10-20(23)24)21(25)22-11-15-13-27-18-8-4-5-9-19(18)28-15/h2-9,14-15H,10-13H2,1H3,(H,22,25)/t14-,15+/m0/s1. The van der Waals surface area contributed by atoms with E-state index in [4.69, 9.17) is 14.2 Å². The summed E-state index contributed by atoms with van der Waals surface area (Å²) < 4.78 is 16.8. The minimum absolute atomic E-state index is 0.0872. The SMILES string of the molecule is COc1ccccc1N1C[C@@H](C(=O)NC[C@@H]2COc3ccccc3O2)CC1=O. The van der Waals surface area contributed by atoms with Gasteiger partial charge in [0.15, 0.2) is 11.5 Å². The predicted molar refractivity (Wildman–Crippen MR) is 103 cm³/mol. The van der Waals surface area contributed by atoms with Crippen LogP contribution in [0.15, 0.2) is 48.5 Å². The number of ether oxygens (including phenoxy) is 3. The number of fused-ring (bicyclic) bond motifs is 1. The van der Waals surface area contributed by atoms with Crippen LogP contribution in [0.3, 0.4) is 0 Å². The van der Waals surface area contributed by atoms with E-state index in [0.29, 0.717) is 42.6 Å². The molecule has 146 valence electrons. The highest BCUT2D eigenvalue weighted by molar-refractivity contribution is 6.01. The molecule has 4 rings (SSSR count). The van der Waals surface area contributed by atoms with Gasteiger partial charge in [-0.15, -0.1) is 0 Å². The molecule has 2 aromatic rings. The fourth-order valence-corrected chi connectivity index (χ4v) is 3.49. The van der Waals surface area contributed by atoms with Gasteiger partial charge in [-0.25, -0.2) is 0 Å². The maximum absolute atomic E-state index is 12.6. The summed E-state index contributed by atoms with van der Waals surface area (Å²) >= 11 is 0. The monoisotopic (exact) mass is 382 g/mol. The van der Waals surface area contributed by atoms with Gasteiger partial charge in [0.2, 0.25) is 11.8 Å². The Morgan fingerprint density at radius 2 is 1.93 bits per heavy atom. The first kappa shape index (κ1) is 18.2. The first-order valence-electron chi connectivity index (χ1n) is 9.25. The zero-order valence-electron chi connectivity index (χ0n) is 15.6. The highest BCUT2D eigenvalue weighted by Crippen LogP contribution is 2.33. The van der Waals surface area contributed by atoms with E-state index in [0.717, 1.165) is 0 Å². The summed E-state index contributed by atoms with van der Waals surface area (Å²) in [6.45, 7) is 1.02. The van der Waals surface area contributed by atoms with Gasteiger partial charge in [-0.05, 0) is 24.3 Å². The van der Waals surface area contributed by atoms with Crippen LogP contribution in [0.1, 0.15) is 6.42 Å². The summed E-state index contributed by atoms with van der Waals surface area (Å²) in [7, 11) is 1.56. The lowest BCUT2D eigenvalue weighted by molar-refractivity contribution is -0.126. The molecular formula is C21H22N2O5. The van der Waals surface area contributed by atoms with Crippen LogP contribution in [0.25, 0.3) is 0 Å². The van der Waals surface area contributed by atoms with Crippen molar-refractivity contribution >= 4 is 17.5 Å². The number of anilines is 1. The van der Waals surface area contributed by atoms with Crippen LogP contribution in [-0.2, 0) is 9.59 Å². The molecule has 2 aliphatic heterocycles. The number of nitrogens with one attached hydrogen (secondary N) is 1. The minimum Gasteiger partial charge on any atom is -0.495 e. The number of para-hydroxylation sites is 4. The van der Waals surface area contributed by atoms with Crippen molar-refractivity contribution in [1.82, 2.24) is 5.32 Å². The highest BCUT2D eigenvalue weighted by Gasteiger charge is 2.36. The van der Waals surface area contributed by atoms with E-state index in [9.17, 15) is 9.59 Å². The van der Waals surface area contributed by atoms with Crippen molar-refractivity contribution in [2.75, 3.05) is 31.7 Å². The summed E-state index contributed by atoms with van der Waals surface area (Å²) in [5.41, 5.74) is 0.686. The fourth-order valence-electron chi connectivity index (χ4n) is 3.49. The molecule has 0 aliphatic carbocycles. The van der Waals surface area contributed by atoms with Crippen molar-refractivity contribution in [2.24, 2.45) is 5.92 Å². The first-order chi connectivity index (χ1) is 13.7. The first-order valence-corrected chi connectivity index (χ1v) is 9.25. The molecule has 0 bridgehead atoms. The molecular weight excluding hydrogens is 360 g/mol. The molecule has 2 aliphatic rings. The number of benzene rings is 2. The van der Waals surface area contributed by atoms with E-state index in [2.05, 4.69) is 5.32 Å². The number of hydrogen-bond donors (Lipinski definition) is 1. The van der Waals surface area contributed by atoms with E-state index in [-0.39, 0.29) is 24.3 Å². The van der Waals surface area contributed by atoms with Crippen LogP contribution >= 0.6 is 0 Å². The van der Waals surface area contributed by atoms with Gasteiger partial charge in [-0.2, -0.15) is 0 Å². The molecule has 0 spiro atoms. The molecule has 0 saturated carbocycles. The second kappa shape index (κ2) is 7.80. The summed E-state index contributed by atoms with van der Waals surface area (Å²) in [5.74, 6) is 1.34. The molecule has 7 nitrogen and oxygen atoms in total. The van der Waals surface area contributed by atoms with E-state index in [1.165, 1.54) is 0 Å². The Bertz CT molecular complexity index is 885. The van der Waals surface area contributed by atoms with Crippen LogP contribution in [-0.4, -0.2) is 44.7 Å². The van der Waals surface area contributed by atoms with Crippen LogP contribution in [0.2, 0.25) is 0 Å². The lowest BCUT2D eigenvalue weighted by Gasteiger charge is -2.26. The topological polar surface area (TPSA) is 77.1 Å². The van der Waals surface area contributed by atoms with Crippen LogP contribution in [0.4, 0.5) is 5.69 Å². The molecule has 2 aromatic carbocycles. The number of nitrogens with zero attached hydrogens (tertiary/aromatic N) is 1. The molecule has 2 atom stereocenters. The molecule has 28 heavy (non-hydrogen) atoms. The largest absolute Gasteiger partial charge is 0.495 e. The van der Waals surface area contributed by atoms with E-state index < -0.39 is 5.92 Å². The van der Waals surface area contributed by atoms with Gasteiger partial charge in [0.1, 0.15) is 18.5 Å². The molecule has 0 radical (unpaired) electrons. The van der Waals surface area contributed by atoms with Gasteiger partial charge in [0.05, 0.1) is 25.3 Å². The van der Waals surface area contributed by atoms with Gasteiger partial charge < -0.3 is 24.4 Å². The van der Waals surface area contributed by atoms with E-state index in [1.54, 1.807) is 18.1 Å². The number of carbonyl (C=O) groups is 2. The predicted octanol–water partition coefficient (Wildman–Crippen LogP) is 2.00. The van der Waals surface area contributed by atoms with Crippen molar-refractivity contribution in [3.63, 3.8) is 0 Å². The molecule has 7 heteroatoms. The van der Waals surface area contributed by atoms with Crippen molar-refractivity contribution < 1.29 is 23.8 Å². The smallest absolute Gasteiger partial charge is 0.227 e. The van der Waals surface area contributed by atoms with E-state index >= 15 is 0 Å². The average Bonchev–Trinajstić information content (AvgIpc) is 3.13. The summed E-state index contributed by atoms with van der Waals surface area (Å²) in [6.07, 6.45) is -0.0874. The van der Waals surface area contributed by atoms with Gasteiger partial charge >= 0.3 is 0 Å². The van der Waals surface area contributed by atoms with Crippen molar-refractivity contribution in [1.29, 1.82) is 0 Å². The molecule has 1 fully saturated rings. The Morgan fingerprint density at radius 1 is 1.18 bits per heavy atom. The second-order valence-electron chi connectivity index (χ2n) is 6.82. The normalized spacial score (nSPS) is 20.8. The van der Waals surface area contributed by atoms with Crippen molar-refractivity contribution in [2.45, 2.75) is 12.5 Å². The molecule has 1 saturated heterocycles. The quantitative estimate of drug-likeness (QED) is 0.856. The Labute approximate surface area is 163 Å². The van der Waals surface area contributed by atoms with Crippen molar-refractivity contribution in [3.05, 3.63) is 48.5 Å². The van der Waals surface area contributed by atoms with Crippen LogP contribution in [0, 0.1) is 5.92 Å². The highest BCUT2D eigenvalue weighted by atomic mass is 16.6. The Hall–Kier alpha value is -3.22. The fraction of sp³-hybridized carbons (Fsp3) is 0.333. The van der Waals surface area contributed by atoms with Gasteiger partial charge in [-0.3, -0.25) is 9.59 Å². The lowest BCUT2D eigenvalue weighted by atomic mass is 10.1. The zero-order chi connectivity index (χ0) is 19.5. The summed E-state index contributed by atoms with van der Waals surface area (Å²) in [4.78, 5) is 26.7. The Balaban J connectivity index is 1.34. The molecule has 2 heterocycles. The molecule has 2 amide bonds. The Kier molecular flexibility index (Phi) is 5.06. The number of hydrogen-bond acceptors (Lipinski definition) is 5. The van der Waals surface area contributed by atoms with E-state index in [1.807, 2.05) is 42.5 Å². The third kappa shape index (κ3) is 3.60. The minimum atomic E-state index is -0.408. The van der Waals surface area contributed by atoms with Crippen LogP contribution in [0.5, 0.6) is 17.2 Å². The van der Waals surface area contributed by atoms with Crippen LogP contribution < -0.4 is 24.4 Å². The zero-order valence-corrected chi connectivity index (χ0v) is 15.6. The third-order valence-corrected chi connectivity index (χ3v) is 4.94. The maximum atomic E-state index is 12.6. The third-order valence-electron chi connectivity index (χ3n) is 4.94. The molecule has 0 unspecified atom stereocenters. The lowest BCUT2D eigenvalue weighted by Crippen LogP contribution is -2.43. The van der Waals surface area contributed by atoms with Gasteiger partial charge in [0, 0.05) is 13.0 Å². The number of carbonyl (C=O) groups excluding carboxylic acids is 2. The number of amides is 2. The van der Waals surface area contributed by atoms with Gasteiger partial charge in [-0.1, -0.05) is 24.3 Å². The van der Waals surface area contributed by atoms with Crippen molar-refractivity contribution in [3.8, 4) is 17.2 Å². The maximum Gasteiger partial charge on any atom is 0.227 e. The Morgan fingerprint density at radius 3 is 2.75 bits per heavy atom. The van der Waals surface area contributed by atoms with Gasteiger partial charge in [0.25, 0.3) is 0 Å². The summed E-state index contributed by atoms with van der Waals surface area (Å²) in [6, 6.07) is 14.8.